The fourth-order valence-electron chi connectivity index (χ4n) is 3.85. The Morgan fingerprint density at radius 3 is 2.35 bits per heavy atom. The van der Waals surface area contributed by atoms with E-state index in [1.807, 2.05) is 31.2 Å². The van der Waals surface area contributed by atoms with E-state index in [9.17, 15) is 14.4 Å². The fraction of sp³-hybridized carbons (Fsp3) is 0.593. The van der Waals surface area contributed by atoms with E-state index in [1.54, 1.807) is 6.92 Å². The van der Waals surface area contributed by atoms with E-state index in [-0.39, 0.29) is 17.6 Å². The van der Waals surface area contributed by atoms with Crippen LogP contribution in [0.2, 0.25) is 0 Å². The van der Waals surface area contributed by atoms with Crippen LogP contribution in [0.4, 0.5) is 0 Å². The predicted octanol–water partition coefficient (Wildman–Crippen LogP) is 2.01. The second-order valence-corrected chi connectivity index (χ2v) is 9.01. The lowest BCUT2D eigenvalue weighted by atomic mass is 10.2. The van der Waals surface area contributed by atoms with Crippen molar-refractivity contribution >= 4 is 28.5 Å². The molecule has 1 heterocycles. The first-order valence-corrected chi connectivity index (χ1v) is 13.0. The molecule has 0 aliphatic heterocycles. The van der Waals surface area contributed by atoms with Gasteiger partial charge in [-0.25, -0.2) is 5.01 Å². The maximum absolute atomic E-state index is 12.4. The molecule has 206 valence electrons. The lowest BCUT2D eigenvalue weighted by Crippen LogP contribution is -2.31. The van der Waals surface area contributed by atoms with E-state index < -0.39 is 0 Å². The molecule has 2 rings (SSSR count). The molecule has 0 bridgehead atoms. The third-order valence-electron chi connectivity index (χ3n) is 5.93. The minimum atomic E-state index is -0.0551. The number of carbonyl (C=O) groups is 3. The standard InChI is InChI=1S/C27H43N5O5/c1-22(33)8-6-7-13-29-27(35)12-16-36-18-19-37-17-14-30-26(34)11-15-32-24(21-31(3)28-2)20-23-9-4-5-10-25(23)32/h4-5,9-10,20,28H,6-8,11-19,21H2,1-3H3,(H,29,35)(H,30,34). The molecule has 0 aliphatic carbocycles. The number of para-hydroxylation sites is 1. The summed E-state index contributed by atoms with van der Waals surface area (Å²) in [4.78, 5) is 34.9. The predicted molar refractivity (Wildman–Crippen MR) is 144 cm³/mol. The van der Waals surface area contributed by atoms with Gasteiger partial charge in [-0.3, -0.25) is 15.0 Å². The minimum absolute atomic E-state index is 0.0159. The molecule has 0 saturated carbocycles. The van der Waals surface area contributed by atoms with Crippen molar-refractivity contribution < 1.29 is 23.9 Å². The average Bonchev–Trinajstić information content (AvgIpc) is 3.22. The molecule has 1 aromatic carbocycles. The third kappa shape index (κ3) is 12.3. The summed E-state index contributed by atoms with van der Waals surface area (Å²) in [5.74, 6) is 0.104. The Morgan fingerprint density at radius 1 is 0.892 bits per heavy atom. The molecule has 0 spiro atoms. The van der Waals surface area contributed by atoms with Crippen molar-refractivity contribution in [3.8, 4) is 0 Å². The lowest BCUT2D eigenvalue weighted by Gasteiger charge is -2.17. The molecule has 0 aliphatic rings. The van der Waals surface area contributed by atoms with Crippen LogP contribution in [0.5, 0.6) is 0 Å². The molecule has 10 nitrogen and oxygen atoms in total. The van der Waals surface area contributed by atoms with Crippen LogP contribution >= 0.6 is 0 Å². The normalized spacial score (nSPS) is 11.2. The second-order valence-electron chi connectivity index (χ2n) is 9.01. The number of benzene rings is 1. The molecule has 10 heteroatoms. The summed E-state index contributed by atoms with van der Waals surface area (Å²) < 4.78 is 13.1. The van der Waals surface area contributed by atoms with Crippen LogP contribution in [-0.2, 0) is 36.9 Å². The molecule has 0 saturated heterocycles. The maximum Gasteiger partial charge on any atom is 0.222 e. The van der Waals surface area contributed by atoms with Gasteiger partial charge in [-0.1, -0.05) is 18.2 Å². The Morgan fingerprint density at radius 2 is 1.59 bits per heavy atom. The van der Waals surface area contributed by atoms with E-state index in [1.165, 1.54) is 5.39 Å². The number of carbonyl (C=O) groups excluding carboxylic acids is 3. The first-order valence-electron chi connectivity index (χ1n) is 13.0. The van der Waals surface area contributed by atoms with E-state index in [0.717, 1.165) is 30.6 Å². The average molecular weight is 518 g/mol. The van der Waals surface area contributed by atoms with Gasteiger partial charge in [0.2, 0.25) is 11.8 Å². The van der Waals surface area contributed by atoms with Crippen molar-refractivity contribution in [2.24, 2.45) is 0 Å². The summed E-state index contributed by atoms with van der Waals surface area (Å²) in [7, 11) is 3.87. The zero-order valence-electron chi connectivity index (χ0n) is 22.5. The molecule has 3 N–H and O–H groups in total. The topological polar surface area (TPSA) is 114 Å². The zero-order valence-corrected chi connectivity index (χ0v) is 22.5. The Labute approximate surface area is 220 Å². The van der Waals surface area contributed by atoms with Crippen LogP contribution in [0.1, 0.15) is 44.7 Å². The van der Waals surface area contributed by atoms with E-state index in [4.69, 9.17) is 9.47 Å². The van der Waals surface area contributed by atoms with Gasteiger partial charge in [0.1, 0.15) is 5.78 Å². The van der Waals surface area contributed by atoms with E-state index in [2.05, 4.69) is 38.8 Å². The summed E-state index contributed by atoms with van der Waals surface area (Å²) in [6.07, 6.45) is 2.84. The number of hydrazine groups is 1. The Hall–Kier alpha value is -2.79. The van der Waals surface area contributed by atoms with Gasteiger partial charge >= 0.3 is 0 Å². The fourth-order valence-corrected chi connectivity index (χ4v) is 3.85. The molecular formula is C27H43N5O5. The van der Waals surface area contributed by atoms with Gasteiger partial charge in [-0.15, -0.1) is 0 Å². The highest BCUT2D eigenvalue weighted by Gasteiger charge is 2.11. The number of aryl methyl sites for hydroxylation is 1. The molecule has 1 aromatic heterocycles. The largest absolute Gasteiger partial charge is 0.379 e. The van der Waals surface area contributed by atoms with Crippen LogP contribution in [0, 0.1) is 0 Å². The lowest BCUT2D eigenvalue weighted by molar-refractivity contribution is -0.122. The summed E-state index contributed by atoms with van der Waals surface area (Å²) in [6.45, 7) is 5.46. The summed E-state index contributed by atoms with van der Waals surface area (Å²) in [5.41, 5.74) is 5.39. The first kappa shape index (κ1) is 30.4. The van der Waals surface area contributed by atoms with Gasteiger partial charge in [0.25, 0.3) is 0 Å². The van der Waals surface area contributed by atoms with Crippen LogP contribution in [0.25, 0.3) is 10.9 Å². The highest BCUT2D eigenvalue weighted by atomic mass is 16.5. The molecule has 0 radical (unpaired) electrons. The molecule has 37 heavy (non-hydrogen) atoms. The number of hydrogen-bond donors (Lipinski definition) is 3. The number of aromatic nitrogens is 1. The monoisotopic (exact) mass is 517 g/mol. The SMILES string of the molecule is CNN(C)Cc1cc2ccccc2n1CCC(=O)NCCOCCOCCC(=O)NCCCCC(C)=O. The highest BCUT2D eigenvalue weighted by Crippen LogP contribution is 2.21. The van der Waals surface area contributed by atoms with Gasteiger partial charge in [-0.05, 0) is 44.3 Å². The number of ether oxygens (including phenoxy) is 2. The van der Waals surface area contributed by atoms with Crippen molar-refractivity contribution in [2.75, 3.05) is 53.6 Å². The second kappa shape index (κ2) is 17.6. The number of fused-ring (bicyclic) bond motifs is 1. The van der Waals surface area contributed by atoms with Crippen LogP contribution in [0.15, 0.2) is 30.3 Å². The van der Waals surface area contributed by atoms with Gasteiger partial charge in [-0.2, -0.15) is 0 Å². The highest BCUT2D eigenvalue weighted by molar-refractivity contribution is 5.82. The summed E-state index contributed by atoms with van der Waals surface area (Å²) in [6, 6.07) is 10.4. The van der Waals surface area contributed by atoms with Crippen LogP contribution < -0.4 is 16.1 Å². The Bertz CT molecular complexity index is 977. The zero-order chi connectivity index (χ0) is 26.9. The summed E-state index contributed by atoms with van der Waals surface area (Å²) >= 11 is 0. The molecule has 2 amide bonds. The molecule has 0 atom stereocenters. The molecular weight excluding hydrogens is 474 g/mol. The molecule has 0 fully saturated rings. The Balaban J connectivity index is 1.53. The van der Waals surface area contributed by atoms with Crippen molar-refractivity contribution in [2.45, 2.75) is 52.1 Å². The number of hydrogen-bond acceptors (Lipinski definition) is 7. The smallest absolute Gasteiger partial charge is 0.222 e. The van der Waals surface area contributed by atoms with Crippen LogP contribution in [-0.4, -0.2) is 80.8 Å². The quantitative estimate of drug-likeness (QED) is 0.182. The molecule has 0 unspecified atom stereocenters. The van der Waals surface area contributed by atoms with Crippen molar-refractivity contribution in [1.82, 2.24) is 25.6 Å². The number of nitrogens with zero attached hydrogens (tertiary/aromatic N) is 2. The van der Waals surface area contributed by atoms with Crippen molar-refractivity contribution in [1.29, 1.82) is 0 Å². The number of amides is 2. The first-order chi connectivity index (χ1) is 17.9. The number of Topliss-reactive ketones (excluding diaryl/α,β-unsaturated/α-hetero) is 1. The maximum atomic E-state index is 12.4. The van der Waals surface area contributed by atoms with E-state index >= 15 is 0 Å². The number of rotatable bonds is 20. The Kier molecular flexibility index (Phi) is 14.5. The number of ketones is 1. The third-order valence-corrected chi connectivity index (χ3v) is 5.93. The molecule has 2 aromatic rings. The minimum Gasteiger partial charge on any atom is -0.379 e. The van der Waals surface area contributed by atoms with Gasteiger partial charge < -0.3 is 29.5 Å². The van der Waals surface area contributed by atoms with E-state index in [0.29, 0.717) is 65.3 Å². The number of nitrogens with one attached hydrogen (secondary N) is 3. The van der Waals surface area contributed by atoms with Gasteiger partial charge in [0.15, 0.2) is 0 Å². The number of unbranched alkanes of at least 4 members (excludes halogenated alkanes) is 1. The van der Waals surface area contributed by atoms with Gasteiger partial charge in [0, 0.05) is 57.2 Å². The summed E-state index contributed by atoms with van der Waals surface area (Å²) in [5, 5.41) is 8.89. The van der Waals surface area contributed by atoms with Crippen molar-refractivity contribution in [3.63, 3.8) is 0 Å². The van der Waals surface area contributed by atoms with Crippen molar-refractivity contribution in [3.05, 3.63) is 36.0 Å². The van der Waals surface area contributed by atoms with Gasteiger partial charge in [0.05, 0.1) is 33.0 Å². The van der Waals surface area contributed by atoms with Crippen LogP contribution in [0.3, 0.4) is 0 Å².